The van der Waals surface area contributed by atoms with E-state index in [0.29, 0.717) is 23.5 Å². The number of nitrogens with one attached hydrogen (secondary N) is 2. The van der Waals surface area contributed by atoms with Crippen molar-refractivity contribution < 1.29 is 26.0 Å². The van der Waals surface area contributed by atoms with Crippen LogP contribution < -0.4 is 15.8 Å². The van der Waals surface area contributed by atoms with Crippen LogP contribution in [0, 0.1) is 17.5 Å². The lowest BCUT2D eigenvalue weighted by atomic mass is 9.81. The molecule has 0 bridgehead atoms. The summed E-state index contributed by atoms with van der Waals surface area (Å²) in [7, 11) is -4.54. The molecular formula is C30H34F4N6O2S. The quantitative estimate of drug-likeness (QED) is 0.186. The number of anilines is 2. The van der Waals surface area contributed by atoms with Crippen molar-refractivity contribution in [3.8, 4) is 11.3 Å². The molecule has 8 nitrogen and oxygen atoms in total. The number of rotatable bonds is 9. The Morgan fingerprint density at radius 2 is 1.72 bits per heavy atom. The lowest BCUT2D eigenvalue weighted by Crippen LogP contribution is -2.36. The Hall–Kier alpha value is -3.71. The second-order valence-electron chi connectivity index (χ2n) is 11.3. The highest BCUT2D eigenvalue weighted by Crippen LogP contribution is 2.42. The van der Waals surface area contributed by atoms with Gasteiger partial charge in [0, 0.05) is 36.5 Å². The van der Waals surface area contributed by atoms with Crippen molar-refractivity contribution in [1.29, 1.82) is 0 Å². The van der Waals surface area contributed by atoms with Crippen molar-refractivity contribution in [2.24, 2.45) is 0 Å². The van der Waals surface area contributed by atoms with Gasteiger partial charge in [-0.25, -0.2) is 31.0 Å². The average molecular weight is 619 g/mol. The van der Waals surface area contributed by atoms with Crippen LogP contribution in [0.4, 0.5) is 29.1 Å². The molecule has 0 aliphatic heterocycles. The fourth-order valence-corrected chi connectivity index (χ4v) is 6.82. The van der Waals surface area contributed by atoms with Crippen molar-refractivity contribution in [1.82, 2.24) is 20.1 Å². The van der Waals surface area contributed by atoms with E-state index < -0.39 is 44.2 Å². The standard InChI is InChI=1S/C30H34F4N6O2S/c1-16(2)40-29-21(18-8-10-19(11-9-18)36-14-17(3)31)15-37-30(35)27(29)28(38-40)20-12-24(34)25(13-23(20)33)39-43(41,42)26-7-5-4-6-22(26)32/h4-7,12-13,15-19,36,39H,8-11,14H2,1-3H3,(H2,35,37)/t17-,18-,19-/m0/s1. The number of pyridine rings is 1. The number of aromatic nitrogens is 3. The number of fused-ring (bicyclic) bond motifs is 1. The first-order valence-corrected chi connectivity index (χ1v) is 15.7. The molecule has 5 rings (SSSR count). The Kier molecular flexibility index (Phi) is 8.66. The molecule has 0 radical (unpaired) electrons. The van der Waals surface area contributed by atoms with Gasteiger partial charge in [0.2, 0.25) is 0 Å². The number of nitrogens with zero attached hydrogens (tertiary/aromatic N) is 3. The van der Waals surface area contributed by atoms with Crippen LogP contribution in [0.15, 0.2) is 47.5 Å². The maximum Gasteiger partial charge on any atom is 0.264 e. The van der Waals surface area contributed by atoms with E-state index in [9.17, 15) is 17.2 Å². The highest BCUT2D eigenvalue weighted by atomic mass is 32.2. The number of sulfonamides is 1. The van der Waals surface area contributed by atoms with E-state index in [1.54, 1.807) is 10.9 Å². The zero-order valence-corrected chi connectivity index (χ0v) is 24.9. The summed E-state index contributed by atoms with van der Waals surface area (Å²) in [5.74, 6) is -2.87. The third-order valence-electron chi connectivity index (χ3n) is 7.81. The normalized spacial score (nSPS) is 18.3. The van der Waals surface area contributed by atoms with Gasteiger partial charge in [0.1, 0.15) is 40.0 Å². The Balaban J connectivity index is 1.53. The number of nitrogens with two attached hydrogens (primary N) is 1. The molecule has 1 atom stereocenters. The monoisotopic (exact) mass is 618 g/mol. The summed E-state index contributed by atoms with van der Waals surface area (Å²) in [5, 5.41) is 8.29. The van der Waals surface area contributed by atoms with Crippen molar-refractivity contribution >= 4 is 32.4 Å². The van der Waals surface area contributed by atoms with Gasteiger partial charge in [0.25, 0.3) is 10.0 Å². The first-order chi connectivity index (χ1) is 20.4. The fraction of sp³-hybridized carbons (Fsp3) is 0.400. The fourth-order valence-electron chi connectivity index (χ4n) is 5.69. The summed E-state index contributed by atoms with van der Waals surface area (Å²) in [6.45, 7) is 5.64. The molecule has 4 N–H and O–H groups in total. The topological polar surface area (TPSA) is 115 Å². The maximum atomic E-state index is 15.7. The van der Waals surface area contributed by atoms with Crippen LogP contribution in [0.2, 0.25) is 0 Å². The first-order valence-electron chi connectivity index (χ1n) is 14.2. The molecule has 1 saturated carbocycles. The van der Waals surface area contributed by atoms with Gasteiger partial charge in [-0.15, -0.1) is 0 Å². The van der Waals surface area contributed by atoms with Gasteiger partial charge in [0.05, 0.1) is 16.6 Å². The van der Waals surface area contributed by atoms with Crippen LogP contribution in [0.3, 0.4) is 0 Å². The Labute approximate surface area is 247 Å². The molecule has 2 aromatic heterocycles. The first kappa shape index (κ1) is 30.7. The van der Waals surface area contributed by atoms with Crippen LogP contribution in [0.1, 0.15) is 64.0 Å². The number of halogens is 4. The molecule has 0 spiro atoms. The Morgan fingerprint density at radius 1 is 1.02 bits per heavy atom. The smallest absolute Gasteiger partial charge is 0.264 e. The highest BCUT2D eigenvalue weighted by molar-refractivity contribution is 7.92. The van der Waals surface area contributed by atoms with E-state index in [1.807, 2.05) is 18.6 Å². The zero-order valence-electron chi connectivity index (χ0n) is 24.0. The Morgan fingerprint density at radius 3 is 2.37 bits per heavy atom. The van der Waals surface area contributed by atoms with Crippen LogP contribution in [-0.2, 0) is 10.0 Å². The van der Waals surface area contributed by atoms with Gasteiger partial charge in [-0.05, 0) is 76.1 Å². The third kappa shape index (κ3) is 6.19. The minimum atomic E-state index is -4.54. The number of nitrogen functional groups attached to an aromatic ring is 1. The molecule has 43 heavy (non-hydrogen) atoms. The maximum absolute atomic E-state index is 15.7. The van der Waals surface area contributed by atoms with E-state index in [4.69, 9.17) is 5.73 Å². The molecule has 4 aromatic rings. The van der Waals surface area contributed by atoms with E-state index in [1.165, 1.54) is 19.1 Å². The SMILES string of the molecule is CC(C)n1nc(-c2cc(F)c(NS(=O)(=O)c3ccccc3F)cc2F)c2c(N)ncc([C@H]3CC[C@H](NC[C@H](C)F)CC3)c21. The molecule has 230 valence electrons. The number of hydrogen-bond acceptors (Lipinski definition) is 6. The number of benzene rings is 2. The van der Waals surface area contributed by atoms with E-state index in [0.717, 1.165) is 49.4 Å². The van der Waals surface area contributed by atoms with E-state index in [2.05, 4.69) is 15.4 Å². The van der Waals surface area contributed by atoms with Crippen LogP contribution in [-0.4, -0.2) is 41.9 Å². The number of hydrogen-bond donors (Lipinski definition) is 3. The van der Waals surface area contributed by atoms with Gasteiger partial charge >= 0.3 is 0 Å². The van der Waals surface area contributed by atoms with Crippen LogP contribution >= 0.6 is 0 Å². The van der Waals surface area contributed by atoms with E-state index >= 15 is 8.78 Å². The summed E-state index contributed by atoms with van der Waals surface area (Å²) < 4.78 is 87.5. The van der Waals surface area contributed by atoms with Gasteiger partial charge in [0.15, 0.2) is 0 Å². The summed E-state index contributed by atoms with van der Waals surface area (Å²) >= 11 is 0. The molecule has 0 saturated heterocycles. The summed E-state index contributed by atoms with van der Waals surface area (Å²) in [6, 6.07) is 6.19. The average Bonchev–Trinajstić information content (AvgIpc) is 3.36. The van der Waals surface area contributed by atoms with Gasteiger partial charge in [-0.1, -0.05) is 12.1 Å². The van der Waals surface area contributed by atoms with Crippen molar-refractivity contribution in [2.45, 2.75) is 75.5 Å². The minimum absolute atomic E-state index is 0.0720. The van der Waals surface area contributed by atoms with Crippen LogP contribution in [0.25, 0.3) is 22.2 Å². The van der Waals surface area contributed by atoms with Crippen molar-refractivity contribution in [3.63, 3.8) is 0 Å². The lowest BCUT2D eigenvalue weighted by Gasteiger charge is -2.30. The summed E-state index contributed by atoms with van der Waals surface area (Å²) in [6.07, 6.45) is 4.10. The second kappa shape index (κ2) is 12.1. The molecule has 0 unspecified atom stereocenters. The third-order valence-corrected chi connectivity index (χ3v) is 9.21. The Bertz CT molecular complexity index is 1750. The van der Waals surface area contributed by atoms with Gasteiger partial charge < -0.3 is 11.1 Å². The van der Waals surface area contributed by atoms with E-state index in [-0.39, 0.29) is 35.1 Å². The number of alkyl halides is 1. The summed E-state index contributed by atoms with van der Waals surface area (Å²) in [4.78, 5) is 3.70. The molecule has 13 heteroatoms. The molecule has 2 aromatic carbocycles. The summed E-state index contributed by atoms with van der Waals surface area (Å²) in [5.41, 5.74) is 7.05. The second-order valence-corrected chi connectivity index (χ2v) is 12.9. The molecular weight excluding hydrogens is 584 g/mol. The molecule has 2 heterocycles. The predicted octanol–water partition coefficient (Wildman–Crippen LogP) is 6.45. The predicted molar refractivity (Wildman–Crippen MR) is 158 cm³/mol. The molecule has 1 aliphatic carbocycles. The molecule has 0 amide bonds. The minimum Gasteiger partial charge on any atom is -0.383 e. The van der Waals surface area contributed by atoms with Crippen molar-refractivity contribution in [2.75, 3.05) is 17.0 Å². The molecule has 1 fully saturated rings. The van der Waals surface area contributed by atoms with Crippen LogP contribution in [0.5, 0.6) is 0 Å². The molecule has 1 aliphatic rings. The highest BCUT2D eigenvalue weighted by Gasteiger charge is 2.30. The lowest BCUT2D eigenvalue weighted by molar-refractivity contribution is 0.290. The van der Waals surface area contributed by atoms with Crippen molar-refractivity contribution in [3.05, 3.63) is 65.6 Å². The zero-order chi connectivity index (χ0) is 31.1. The van der Waals surface area contributed by atoms with Gasteiger partial charge in [-0.2, -0.15) is 5.10 Å². The largest absolute Gasteiger partial charge is 0.383 e. The van der Waals surface area contributed by atoms with Gasteiger partial charge in [-0.3, -0.25) is 9.40 Å².